The smallest absolute Gasteiger partial charge is 0.365 e. The van der Waals surface area contributed by atoms with Crippen LogP contribution in [0.1, 0.15) is 36.0 Å². The Morgan fingerprint density at radius 2 is 1.72 bits per heavy atom. The zero-order valence-corrected chi connectivity index (χ0v) is 20.6. The fourth-order valence-corrected chi connectivity index (χ4v) is 6.00. The molecule has 2 saturated heterocycles. The molecule has 2 aromatic rings. The minimum atomic E-state index is -4.40. The lowest BCUT2D eigenvalue weighted by Gasteiger charge is -2.49. The van der Waals surface area contributed by atoms with Crippen molar-refractivity contribution in [3.63, 3.8) is 0 Å². The van der Waals surface area contributed by atoms with E-state index in [0.29, 0.717) is 31.6 Å². The molecule has 0 bridgehead atoms. The number of nitrogens with zero attached hydrogens (tertiary/aromatic N) is 3. The zero-order chi connectivity index (χ0) is 25.1. The fourth-order valence-electron chi connectivity index (χ4n) is 6.00. The molecule has 0 saturated carbocycles. The van der Waals surface area contributed by atoms with E-state index in [4.69, 9.17) is 0 Å². The van der Waals surface area contributed by atoms with Gasteiger partial charge in [0.05, 0.1) is 17.5 Å². The van der Waals surface area contributed by atoms with Crippen LogP contribution in [0.2, 0.25) is 0 Å². The molecule has 194 valence electrons. The molecule has 8 heteroatoms. The Bertz CT molecular complexity index is 1040. The second-order valence-electron chi connectivity index (χ2n) is 10.3. The number of benzene rings is 2. The van der Waals surface area contributed by atoms with Gasteiger partial charge in [-0.15, -0.1) is 0 Å². The first-order valence-electron chi connectivity index (χ1n) is 13.1. The van der Waals surface area contributed by atoms with E-state index in [9.17, 15) is 18.0 Å². The van der Waals surface area contributed by atoms with Crippen LogP contribution in [0.15, 0.2) is 48.5 Å². The number of piperazine rings is 1. The predicted octanol–water partition coefficient (Wildman–Crippen LogP) is 4.17. The van der Waals surface area contributed by atoms with Gasteiger partial charge in [0, 0.05) is 45.0 Å². The number of halogens is 3. The average Bonchev–Trinajstić information content (AvgIpc) is 2.88. The molecule has 2 fully saturated rings. The number of rotatable bonds is 6. The van der Waals surface area contributed by atoms with Crippen LogP contribution in [-0.2, 0) is 23.9 Å². The summed E-state index contributed by atoms with van der Waals surface area (Å²) in [6.45, 7) is 6.53. The molecule has 2 aromatic carbocycles. The summed E-state index contributed by atoms with van der Waals surface area (Å²) in [6.07, 6.45) is -0.408. The van der Waals surface area contributed by atoms with E-state index in [-0.39, 0.29) is 17.9 Å². The summed E-state index contributed by atoms with van der Waals surface area (Å²) in [5, 5.41) is 3.12. The standard InChI is InChI=1S/C28H35F3N4O/c29-28(30,31)23-9-10-25-22(17-23)18-24(27(36)32-11-14-33-12-5-2-6-13-33)26-20-34(15-16-35(25)26)19-21-7-3-1-4-8-21/h1,3-4,7-10,17,24,26H,2,5-6,11-16,18-20H2,(H,32,36). The molecule has 0 radical (unpaired) electrons. The number of amides is 1. The van der Waals surface area contributed by atoms with Crippen molar-refractivity contribution in [3.8, 4) is 0 Å². The molecule has 5 rings (SSSR count). The van der Waals surface area contributed by atoms with E-state index in [1.54, 1.807) is 6.07 Å². The average molecular weight is 501 g/mol. The number of alkyl halides is 3. The first kappa shape index (κ1) is 25.1. The SMILES string of the molecule is O=C(NCCN1CCCCC1)C1Cc2cc(C(F)(F)F)ccc2N2CCN(Cc3ccccc3)CC12. The molecule has 1 amide bonds. The second kappa shape index (κ2) is 10.8. The predicted molar refractivity (Wildman–Crippen MR) is 135 cm³/mol. The van der Waals surface area contributed by atoms with Gasteiger partial charge in [-0.1, -0.05) is 36.8 Å². The van der Waals surface area contributed by atoms with E-state index in [0.717, 1.165) is 38.4 Å². The summed E-state index contributed by atoms with van der Waals surface area (Å²) in [6, 6.07) is 14.2. The summed E-state index contributed by atoms with van der Waals surface area (Å²) in [5.41, 5.74) is 2.03. The first-order valence-corrected chi connectivity index (χ1v) is 13.1. The van der Waals surface area contributed by atoms with Gasteiger partial charge in [-0.05, 0) is 61.7 Å². The van der Waals surface area contributed by atoms with Gasteiger partial charge in [0.1, 0.15) is 0 Å². The van der Waals surface area contributed by atoms with Gasteiger partial charge in [-0.2, -0.15) is 13.2 Å². The minimum Gasteiger partial charge on any atom is -0.365 e. The summed E-state index contributed by atoms with van der Waals surface area (Å²) in [4.78, 5) is 20.4. The van der Waals surface area contributed by atoms with Crippen LogP contribution < -0.4 is 10.2 Å². The molecule has 0 aliphatic carbocycles. The van der Waals surface area contributed by atoms with Gasteiger partial charge in [0.2, 0.25) is 5.91 Å². The van der Waals surface area contributed by atoms with Crippen molar-refractivity contribution in [2.45, 2.75) is 44.4 Å². The lowest BCUT2D eigenvalue weighted by atomic mass is 9.82. The molecule has 2 unspecified atom stereocenters. The summed E-state index contributed by atoms with van der Waals surface area (Å²) >= 11 is 0. The van der Waals surface area contributed by atoms with Crippen molar-refractivity contribution in [2.75, 3.05) is 50.7 Å². The molecule has 3 aliphatic rings. The summed E-state index contributed by atoms with van der Waals surface area (Å²) < 4.78 is 40.3. The molecule has 1 N–H and O–H groups in total. The quantitative estimate of drug-likeness (QED) is 0.646. The van der Waals surface area contributed by atoms with Crippen LogP contribution in [0.25, 0.3) is 0 Å². The maximum atomic E-state index is 13.5. The van der Waals surface area contributed by atoms with Gasteiger partial charge in [0.25, 0.3) is 0 Å². The molecular weight excluding hydrogens is 465 g/mol. The van der Waals surface area contributed by atoms with Crippen molar-refractivity contribution in [1.29, 1.82) is 0 Å². The van der Waals surface area contributed by atoms with E-state index < -0.39 is 11.7 Å². The number of carbonyl (C=O) groups is 1. The zero-order valence-electron chi connectivity index (χ0n) is 20.6. The van der Waals surface area contributed by atoms with Crippen LogP contribution in [-0.4, -0.2) is 67.6 Å². The molecule has 3 aliphatic heterocycles. The van der Waals surface area contributed by atoms with E-state index in [2.05, 4.69) is 32.1 Å². The Balaban J connectivity index is 1.33. The Morgan fingerprint density at radius 1 is 0.944 bits per heavy atom. The van der Waals surface area contributed by atoms with Gasteiger partial charge in [-0.3, -0.25) is 9.69 Å². The number of piperidine rings is 1. The van der Waals surface area contributed by atoms with Gasteiger partial charge in [0.15, 0.2) is 0 Å². The van der Waals surface area contributed by atoms with Crippen LogP contribution in [0.5, 0.6) is 0 Å². The monoisotopic (exact) mass is 500 g/mol. The highest BCUT2D eigenvalue weighted by Gasteiger charge is 2.42. The molecular formula is C28H35F3N4O. The Kier molecular flexibility index (Phi) is 7.53. The molecule has 36 heavy (non-hydrogen) atoms. The highest BCUT2D eigenvalue weighted by molar-refractivity contribution is 5.82. The van der Waals surface area contributed by atoms with Crippen LogP contribution in [0.4, 0.5) is 18.9 Å². The third kappa shape index (κ3) is 5.70. The van der Waals surface area contributed by atoms with Crippen LogP contribution >= 0.6 is 0 Å². The van der Waals surface area contributed by atoms with Gasteiger partial charge >= 0.3 is 6.18 Å². The fraction of sp³-hybridized carbons (Fsp3) is 0.536. The highest BCUT2D eigenvalue weighted by atomic mass is 19.4. The number of fused-ring (bicyclic) bond motifs is 3. The number of hydrogen-bond donors (Lipinski definition) is 1. The summed E-state index contributed by atoms with van der Waals surface area (Å²) in [7, 11) is 0. The van der Waals surface area contributed by atoms with E-state index >= 15 is 0 Å². The normalized spacial score (nSPS) is 23.1. The number of hydrogen-bond acceptors (Lipinski definition) is 4. The molecule has 0 aromatic heterocycles. The number of nitrogens with one attached hydrogen (secondary N) is 1. The first-order chi connectivity index (χ1) is 17.4. The van der Waals surface area contributed by atoms with E-state index in [1.165, 1.54) is 37.0 Å². The largest absolute Gasteiger partial charge is 0.416 e. The Labute approximate surface area is 211 Å². The van der Waals surface area contributed by atoms with Crippen LogP contribution in [0, 0.1) is 5.92 Å². The topological polar surface area (TPSA) is 38.8 Å². The third-order valence-electron chi connectivity index (χ3n) is 7.88. The molecule has 0 spiro atoms. The van der Waals surface area contributed by atoms with E-state index in [1.807, 2.05) is 18.2 Å². The second-order valence-corrected chi connectivity index (χ2v) is 10.3. The molecule has 5 nitrogen and oxygen atoms in total. The Hall–Kier alpha value is -2.58. The molecule has 2 atom stereocenters. The lowest BCUT2D eigenvalue weighted by Crippen LogP contribution is -2.61. The minimum absolute atomic E-state index is 0.0494. The highest BCUT2D eigenvalue weighted by Crippen LogP contribution is 2.40. The third-order valence-corrected chi connectivity index (χ3v) is 7.88. The Morgan fingerprint density at radius 3 is 2.47 bits per heavy atom. The lowest BCUT2D eigenvalue weighted by molar-refractivity contribution is -0.137. The van der Waals surface area contributed by atoms with Crippen molar-refractivity contribution in [2.24, 2.45) is 5.92 Å². The van der Waals surface area contributed by atoms with Crippen molar-refractivity contribution < 1.29 is 18.0 Å². The number of carbonyl (C=O) groups excluding carboxylic acids is 1. The maximum Gasteiger partial charge on any atom is 0.416 e. The molecule has 3 heterocycles. The van der Waals surface area contributed by atoms with Crippen LogP contribution in [0.3, 0.4) is 0 Å². The number of anilines is 1. The van der Waals surface area contributed by atoms with Gasteiger partial charge in [-0.25, -0.2) is 0 Å². The van der Waals surface area contributed by atoms with Crippen molar-refractivity contribution in [3.05, 3.63) is 65.2 Å². The van der Waals surface area contributed by atoms with Crippen molar-refractivity contribution >= 4 is 11.6 Å². The van der Waals surface area contributed by atoms with Crippen molar-refractivity contribution in [1.82, 2.24) is 15.1 Å². The summed E-state index contributed by atoms with van der Waals surface area (Å²) in [5.74, 6) is -0.437. The number of likely N-dealkylation sites (tertiary alicyclic amines) is 1. The van der Waals surface area contributed by atoms with Gasteiger partial charge < -0.3 is 15.1 Å². The maximum absolute atomic E-state index is 13.5.